The van der Waals surface area contributed by atoms with Crippen LogP contribution in [0, 0.1) is 0 Å². The van der Waals surface area contributed by atoms with Crippen molar-refractivity contribution in [1.82, 2.24) is 5.32 Å². The predicted octanol–water partition coefficient (Wildman–Crippen LogP) is 1.61. The summed E-state index contributed by atoms with van der Waals surface area (Å²) in [6.45, 7) is 0.567. The topological polar surface area (TPSA) is 89.3 Å². The molecule has 0 aliphatic heterocycles. The molecule has 5 nitrogen and oxygen atoms in total. The van der Waals surface area contributed by atoms with Gasteiger partial charge in [-0.3, -0.25) is 4.79 Å². The fourth-order valence-corrected chi connectivity index (χ4v) is 3.97. The van der Waals surface area contributed by atoms with Crippen molar-refractivity contribution in [2.75, 3.05) is 18.6 Å². The van der Waals surface area contributed by atoms with Gasteiger partial charge < -0.3 is 11.1 Å². The molecule has 130 valence electrons. The van der Waals surface area contributed by atoms with E-state index in [-0.39, 0.29) is 35.2 Å². The molecule has 1 aliphatic rings. The first-order valence-electron chi connectivity index (χ1n) is 7.25. The van der Waals surface area contributed by atoms with Crippen molar-refractivity contribution in [2.24, 2.45) is 5.73 Å². The highest BCUT2D eigenvalue weighted by Crippen LogP contribution is 2.51. The maximum Gasteiger partial charge on any atom is 0.236 e. The normalized spacial score (nSPS) is 17.0. The Labute approximate surface area is 148 Å². The molecule has 0 spiro atoms. The number of sulfone groups is 1. The second-order valence-electron chi connectivity index (χ2n) is 5.84. The number of nitrogens with one attached hydrogen (secondary N) is 1. The number of benzene rings is 1. The van der Waals surface area contributed by atoms with Crippen LogP contribution in [0.5, 0.6) is 0 Å². The molecule has 0 bridgehead atoms. The maximum absolute atomic E-state index is 11.9. The zero-order valence-corrected chi connectivity index (χ0v) is 15.5. The Morgan fingerprint density at radius 2 is 1.96 bits per heavy atom. The minimum absolute atomic E-state index is 0. The fraction of sp³-hybridized carbons (Fsp3) is 0.533. The van der Waals surface area contributed by atoms with Crippen molar-refractivity contribution in [3.63, 3.8) is 0 Å². The molecule has 1 fully saturated rings. The summed E-state index contributed by atoms with van der Waals surface area (Å²) in [5.41, 5.74) is 5.74. The van der Waals surface area contributed by atoms with Gasteiger partial charge in [-0.2, -0.15) is 0 Å². The number of thioether (sulfide) groups is 1. The van der Waals surface area contributed by atoms with Crippen molar-refractivity contribution >= 4 is 39.9 Å². The van der Waals surface area contributed by atoms with Gasteiger partial charge in [0.15, 0.2) is 0 Å². The van der Waals surface area contributed by atoms with E-state index < -0.39 is 15.9 Å². The molecule has 0 saturated heterocycles. The van der Waals surface area contributed by atoms with Crippen molar-refractivity contribution < 1.29 is 13.2 Å². The number of carbonyl (C=O) groups is 1. The lowest BCUT2D eigenvalue weighted by Crippen LogP contribution is -2.44. The molecular formula is C15H23ClN2O3S2. The van der Waals surface area contributed by atoms with Crippen LogP contribution in [0.3, 0.4) is 0 Å². The standard InChI is InChI=1S/C15H22N2O3S2.ClH/c1-22(19,20)10-7-13(16)14(18)17-11-15(8-9-15)21-12-5-3-2-4-6-12;/h2-6,13H,7-11,16H2,1H3,(H,17,18);1H. The molecule has 1 saturated carbocycles. The van der Waals surface area contributed by atoms with E-state index in [2.05, 4.69) is 17.4 Å². The number of nitrogens with two attached hydrogens (primary N) is 1. The number of hydrogen-bond acceptors (Lipinski definition) is 5. The lowest BCUT2D eigenvalue weighted by molar-refractivity contribution is -0.122. The molecule has 3 N–H and O–H groups in total. The molecule has 1 aromatic carbocycles. The van der Waals surface area contributed by atoms with Crippen molar-refractivity contribution in [1.29, 1.82) is 0 Å². The highest BCUT2D eigenvalue weighted by molar-refractivity contribution is 8.01. The molecule has 23 heavy (non-hydrogen) atoms. The number of rotatable bonds is 8. The van der Waals surface area contributed by atoms with Gasteiger partial charge in [0.05, 0.1) is 11.8 Å². The van der Waals surface area contributed by atoms with Crippen molar-refractivity contribution in [3.05, 3.63) is 30.3 Å². The number of amides is 1. The third kappa shape index (κ3) is 7.12. The first-order chi connectivity index (χ1) is 10.3. The third-order valence-electron chi connectivity index (χ3n) is 3.61. The van der Waals surface area contributed by atoms with Crippen LogP contribution in [-0.4, -0.2) is 43.7 Å². The van der Waals surface area contributed by atoms with Gasteiger partial charge in [0.1, 0.15) is 9.84 Å². The van der Waals surface area contributed by atoms with Gasteiger partial charge in [-0.05, 0) is 31.4 Å². The zero-order chi connectivity index (χ0) is 16.2. The summed E-state index contributed by atoms with van der Waals surface area (Å²) >= 11 is 1.78. The molecule has 1 aliphatic carbocycles. The molecule has 2 rings (SSSR count). The van der Waals surface area contributed by atoms with Crippen LogP contribution in [0.1, 0.15) is 19.3 Å². The van der Waals surface area contributed by atoms with Crippen LogP contribution in [0.4, 0.5) is 0 Å². The van der Waals surface area contributed by atoms with Gasteiger partial charge in [-0.25, -0.2) is 8.42 Å². The Balaban J connectivity index is 0.00000264. The van der Waals surface area contributed by atoms with E-state index in [1.165, 1.54) is 4.90 Å². The predicted molar refractivity (Wildman–Crippen MR) is 96.8 cm³/mol. The molecule has 1 aromatic rings. The van der Waals surface area contributed by atoms with Crippen LogP contribution in [-0.2, 0) is 14.6 Å². The Kier molecular flexibility index (Phi) is 7.38. The third-order valence-corrected chi connectivity index (χ3v) is 6.08. The van der Waals surface area contributed by atoms with Crippen molar-refractivity contribution in [2.45, 2.75) is 34.9 Å². The van der Waals surface area contributed by atoms with E-state index in [1.54, 1.807) is 11.8 Å². The van der Waals surface area contributed by atoms with Crippen LogP contribution in [0.25, 0.3) is 0 Å². The summed E-state index contributed by atoms with van der Waals surface area (Å²) in [6, 6.07) is 9.32. The van der Waals surface area contributed by atoms with Crippen LogP contribution in [0.2, 0.25) is 0 Å². The van der Waals surface area contributed by atoms with Gasteiger partial charge in [0.2, 0.25) is 5.91 Å². The quantitative estimate of drug-likeness (QED) is 0.717. The largest absolute Gasteiger partial charge is 0.353 e. The number of hydrogen-bond donors (Lipinski definition) is 2. The monoisotopic (exact) mass is 378 g/mol. The van der Waals surface area contributed by atoms with E-state index >= 15 is 0 Å². The maximum atomic E-state index is 11.9. The average Bonchev–Trinajstić information content (AvgIpc) is 3.22. The highest BCUT2D eigenvalue weighted by atomic mass is 35.5. The van der Waals surface area contributed by atoms with Gasteiger partial charge in [0.25, 0.3) is 0 Å². The van der Waals surface area contributed by atoms with Gasteiger partial charge in [-0.15, -0.1) is 24.2 Å². The molecule has 1 atom stereocenters. The van der Waals surface area contributed by atoms with Crippen LogP contribution >= 0.6 is 24.2 Å². The molecule has 8 heteroatoms. The van der Waals surface area contributed by atoms with Gasteiger partial charge in [-0.1, -0.05) is 18.2 Å². The van der Waals surface area contributed by atoms with E-state index in [0.717, 1.165) is 19.1 Å². The van der Waals surface area contributed by atoms with E-state index in [9.17, 15) is 13.2 Å². The smallest absolute Gasteiger partial charge is 0.236 e. The Hall–Kier alpha value is -0.760. The second kappa shape index (κ2) is 8.37. The summed E-state index contributed by atoms with van der Waals surface area (Å²) in [6.07, 6.45) is 3.42. The zero-order valence-electron chi connectivity index (χ0n) is 13.0. The van der Waals surface area contributed by atoms with Gasteiger partial charge in [0, 0.05) is 22.4 Å². The van der Waals surface area contributed by atoms with E-state index in [0.29, 0.717) is 6.54 Å². The molecule has 0 radical (unpaired) electrons. The fourth-order valence-electron chi connectivity index (χ4n) is 2.04. The first-order valence-corrected chi connectivity index (χ1v) is 10.1. The lowest BCUT2D eigenvalue weighted by atomic mass is 10.2. The molecule has 0 heterocycles. The van der Waals surface area contributed by atoms with E-state index in [1.807, 2.05) is 18.2 Å². The Morgan fingerprint density at radius 3 is 2.48 bits per heavy atom. The average molecular weight is 379 g/mol. The van der Waals surface area contributed by atoms with Gasteiger partial charge >= 0.3 is 0 Å². The minimum atomic E-state index is -3.09. The minimum Gasteiger partial charge on any atom is -0.353 e. The summed E-state index contributed by atoms with van der Waals surface area (Å²) in [7, 11) is -3.09. The van der Waals surface area contributed by atoms with Crippen molar-refractivity contribution in [3.8, 4) is 0 Å². The SMILES string of the molecule is CS(=O)(=O)CCC(N)C(=O)NCC1(Sc2ccccc2)CC1.Cl. The lowest BCUT2D eigenvalue weighted by Gasteiger charge is -2.18. The summed E-state index contributed by atoms with van der Waals surface area (Å²) in [4.78, 5) is 13.1. The van der Waals surface area contributed by atoms with Crippen LogP contribution in [0.15, 0.2) is 35.2 Å². The Morgan fingerprint density at radius 1 is 1.35 bits per heavy atom. The second-order valence-corrected chi connectivity index (χ2v) is 9.64. The molecule has 1 amide bonds. The number of carbonyl (C=O) groups excluding carboxylic acids is 1. The summed E-state index contributed by atoms with van der Waals surface area (Å²) < 4.78 is 22.3. The molecular weight excluding hydrogens is 356 g/mol. The molecule has 0 aromatic heterocycles. The first kappa shape index (κ1) is 20.3. The Bertz CT molecular complexity index is 619. The van der Waals surface area contributed by atoms with E-state index in [4.69, 9.17) is 5.73 Å². The number of halogens is 1. The highest BCUT2D eigenvalue weighted by Gasteiger charge is 2.44. The molecule has 1 unspecified atom stereocenters. The summed E-state index contributed by atoms with van der Waals surface area (Å²) in [5, 5.41) is 2.86. The van der Waals surface area contributed by atoms with Crippen LogP contribution < -0.4 is 11.1 Å². The summed E-state index contributed by atoms with van der Waals surface area (Å²) in [5.74, 6) is -0.338.